The molecule has 140 valence electrons. The molecule has 0 bridgehead atoms. The fraction of sp³-hybridized carbons (Fsp3) is 0.143. The number of para-hydroxylation sites is 1. The van der Waals surface area contributed by atoms with E-state index in [1.54, 1.807) is 6.92 Å². The first kappa shape index (κ1) is 18.1. The lowest BCUT2D eigenvalue weighted by atomic mass is 10.1. The fourth-order valence-electron chi connectivity index (χ4n) is 3.11. The van der Waals surface area contributed by atoms with E-state index in [1.807, 2.05) is 55.5 Å². The maximum Gasteiger partial charge on any atom is 0.256 e. The average Bonchev–Trinajstić information content (AvgIpc) is 2.66. The third kappa shape index (κ3) is 3.59. The van der Waals surface area contributed by atoms with Gasteiger partial charge >= 0.3 is 0 Å². The van der Waals surface area contributed by atoms with Gasteiger partial charge in [-0.2, -0.15) is 0 Å². The zero-order chi connectivity index (χ0) is 19.7. The Kier molecular flexibility index (Phi) is 4.79. The van der Waals surface area contributed by atoms with Gasteiger partial charge in [-0.05, 0) is 31.5 Å². The Bertz CT molecular complexity index is 1240. The second-order valence-corrected chi connectivity index (χ2v) is 6.93. The molecule has 0 spiro atoms. The summed E-state index contributed by atoms with van der Waals surface area (Å²) in [6.45, 7) is 3.72. The molecular formula is C21H18ClN5O. The van der Waals surface area contributed by atoms with Crippen LogP contribution in [-0.4, -0.2) is 19.9 Å². The number of aromatic nitrogens is 4. The predicted molar refractivity (Wildman–Crippen MR) is 111 cm³/mol. The smallest absolute Gasteiger partial charge is 0.256 e. The van der Waals surface area contributed by atoms with Gasteiger partial charge in [0.2, 0.25) is 11.9 Å². The Labute approximate surface area is 166 Å². The molecule has 0 unspecified atom stereocenters. The molecule has 4 rings (SSSR count). The lowest BCUT2D eigenvalue weighted by Gasteiger charge is -2.10. The molecule has 2 aromatic carbocycles. The quantitative estimate of drug-likeness (QED) is 0.541. The Morgan fingerprint density at radius 1 is 0.964 bits per heavy atom. The van der Waals surface area contributed by atoms with Crippen LogP contribution < -0.4 is 10.9 Å². The molecule has 6 nitrogen and oxygen atoms in total. The summed E-state index contributed by atoms with van der Waals surface area (Å²) in [4.78, 5) is 28.8. The molecule has 2 aromatic heterocycles. The van der Waals surface area contributed by atoms with Crippen molar-refractivity contribution in [3.05, 3.63) is 86.4 Å². The van der Waals surface area contributed by atoms with Crippen LogP contribution in [0.5, 0.6) is 0 Å². The number of halogens is 1. The SMILES string of the molecule is Cc1nc(Nc2nc(C)c3ccccc3n2)[nH]c(=O)c1Cc1ccccc1Cl. The number of nitrogens with one attached hydrogen (secondary N) is 2. The first-order chi connectivity index (χ1) is 13.5. The van der Waals surface area contributed by atoms with Crippen LogP contribution in [0.25, 0.3) is 10.9 Å². The van der Waals surface area contributed by atoms with Crippen molar-refractivity contribution in [1.29, 1.82) is 0 Å². The van der Waals surface area contributed by atoms with Crippen molar-refractivity contribution in [3.8, 4) is 0 Å². The topological polar surface area (TPSA) is 83.6 Å². The summed E-state index contributed by atoms with van der Waals surface area (Å²) in [5.74, 6) is 0.692. The summed E-state index contributed by atoms with van der Waals surface area (Å²) in [5.41, 5.74) is 3.55. The number of hydrogen-bond donors (Lipinski definition) is 2. The van der Waals surface area contributed by atoms with Gasteiger partial charge in [0.1, 0.15) is 0 Å². The number of anilines is 2. The number of rotatable bonds is 4. The van der Waals surface area contributed by atoms with Crippen molar-refractivity contribution in [2.75, 3.05) is 5.32 Å². The van der Waals surface area contributed by atoms with Crippen molar-refractivity contribution in [2.24, 2.45) is 0 Å². The maximum atomic E-state index is 12.6. The Balaban J connectivity index is 1.65. The molecule has 0 radical (unpaired) electrons. The van der Waals surface area contributed by atoms with Crippen LogP contribution in [-0.2, 0) is 6.42 Å². The summed E-state index contributed by atoms with van der Waals surface area (Å²) in [6, 6.07) is 15.2. The molecule has 0 saturated carbocycles. The molecule has 2 N–H and O–H groups in total. The third-order valence-electron chi connectivity index (χ3n) is 4.57. The van der Waals surface area contributed by atoms with Crippen molar-refractivity contribution >= 4 is 34.4 Å². The van der Waals surface area contributed by atoms with Crippen LogP contribution in [0.2, 0.25) is 5.02 Å². The molecule has 2 heterocycles. The van der Waals surface area contributed by atoms with Crippen LogP contribution in [0.4, 0.5) is 11.9 Å². The standard InChI is InChI=1S/C21H18ClN5O/c1-12-15-8-4-6-10-18(15)25-20(23-12)27-21-24-13(2)16(19(28)26-21)11-14-7-3-5-9-17(14)22/h3-10H,11H2,1-2H3,(H2,23,24,25,26,27,28). The van der Waals surface area contributed by atoms with Crippen LogP contribution in [0.1, 0.15) is 22.5 Å². The molecule has 28 heavy (non-hydrogen) atoms. The Hall–Kier alpha value is -3.25. The largest absolute Gasteiger partial charge is 0.294 e. The van der Waals surface area contributed by atoms with E-state index in [2.05, 4.69) is 25.3 Å². The van der Waals surface area contributed by atoms with Crippen molar-refractivity contribution in [2.45, 2.75) is 20.3 Å². The van der Waals surface area contributed by atoms with Gasteiger partial charge < -0.3 is 0 Å². The van der Waals surface area contributed by atoms with E-state index in [4.69, 9.17) is 11.6 Å². The highest BCUT2D eigenvalue weighted by atomic mass is 35.5. The summed E-state index contributed by atoms with van der Waals surface area (Å²) in [6.07, 6.45) is 0.416. The fourth-order valence-corrected chi connectivity index (χ4v) is 3.31. The minimum atomic E-state index is -0.215. The van der Waals surface area contributed by atoms with E-state index in [0.717, 1.165) is 22.2 Å². The Morgan fingerprint density at radius 2 is 1.71 bits per heavy atom. The number of fused-ring (bicyclic) bond motifs is 1. The molecule has 0 saturated heterocycles. The molecule has 4 aromatic rings. The van der Waals surface area contributed by atoms with E-state index in [-0.39, 0.29) is 5.56 Å². The van der Waals surface area contributed by atoms with Gasteiger partial charge in [-0.25, -0.2) is 15.0 Å². The third-order valence-corrected chi connectivity index (χ3v) is 4.94. The summed E-state index contributed by atoms with van der Waals surface area (Å²) < 4.78 is 0. The molecule has 0 aliphatic rings. The van der Waals surface area contributed by atoms with Crippen LogP contribution in [0.15, 0.2) is 53.3 Å². The van der Waals surface area contributed by atoms with Gasteiger partial charge in [0.15, 0.2) is 0 Å². The van der Waals surface area contributed by atoms with Gasteiger partial charge in [0.05, 0.1) is 16.9 Å². The van der Waals surface area contributed by atoms with Crippen molar-refractivity contribution < 1.29 is 0 Å². The zero-order valence-electron chi connectivity index (χ0n) is 15.5. The first-order valence-corrected chi connectivity index (χ1v) is 9.22. The van der Waals surface area contributed by atoms with Gasteiger partial charge in [0.25, 0.3) is 5.56 Å². The lowest BCUT2D eigenvalue weighted by molar-refractivity contribution is 0.978. The van der Waals surface area contributed by atoms with Gasteiger partial charge in [0, 0.05) is 22.4 Å². The molecule has 0 atom stereocenters. The van der Waals surface area contributed by atoms with Crippen molar-refractivity contribution in [3.63, 3.8) is 0 Å². The van der Waals surface area contributed by atoms with E-state index in [9.17, 15) is 4.79 Å². The maximum absolute atomic E-state index is 12.6. The van der Waals surface area contributed by atoms with E-state index in [0.29, 0.717) is 34.6 Å². The number of aromatic amines is 1. The number of H-pyrrole nitrogens is 1. The first-order valence-electron chi connectivity index (χ1n) is 8.85. The van der Waals surface area contributed by atoms with Crippen LogP contribution in [0.3, 0.4) is 0 Å². The van der Waals surface area contributed by atoms with Crippen LogP contribution >= 0.6 is 11.6 Å². The molecule has 7 heteroatoms. The zero-order valence-corrected chi connectivity index (χ0v) is 16.2. The second kappa shape index (κ2) is 7.40. The minimum Gasteiger partial charge on any atom is -0.294 e. The van der Waals surface area contributed by atoms with Crippen molar-refractivity contribution in [1.82, 2.24) is 19.9 Å². The van der Waals surface area contributed by atoms with Gasteiger partial charge in [-0.3, -0.25) is 15.1 Å². The van der Waals surface area contributed by atoms with Gasteiger partial charge in [-0.1, -0.05) is 48.0 Å². The highest BCUT2D eigenvalue weighted by Gasteiger charge is 2.12. The number of hydrogen-bond acceptors (Lipinski definition) is 5. The molecule has 0 fully saturated rings. The second-order valence-electron chi connectivity index (χ2n) is 6.52. The number of nitrogens with zero attached hydrogens (tertiary/aromatic N) is 3. The summed E-state index contributed by atoms with van der Waals surface area (Å²) in [5, 5.41) is 4.62. The monoisotopic (exact) mass is 391 g/mol. The van der Waals surface area contributed by atoms with Gasteiger partial charge in [-0.15, -0.1) is 0 Å². The predicted octanol–water partition coefficient (Wildman–Crippen LogP) is 4.32. The highest BCUT2D eigenvalue weighted by Crippen LogP contribution is 2.20. The molecule has 0 amide bonds. The number of benzene rings is 2. The van der Waals surface area contributed by atoms with E-state index in [1.165, 1.54) is 0 Å². The van der Waals surface area contributed by atoms with Crippen LogP contribution in [0, 0.1) is 13.8 Å². The average molecular weight is 392 g/mol. The highest BCUT2D eigenvalue weighted by molar-refractivity contribution is 6.31. The van der Waals surface area contributed by atoms with E-state index < -0.39 is 0 Å². The number of aryl methyl sites for hydroxylation is 2. The lowest BCUT2D eigenvalue weighted by Crippen LogP contribution is -2.19. The molecular weight excluding hydrogens is 374 g/mol. The molecule has 0 aliphatic carbocycles. The Morgan fingerprint density at radius 3 is 2.50 bits per heavy atom. The summed E-state index contributed by atoms with van der Waals surface area (Å²) in [7, 11) is 0. The molecule has 0 aliphatic heterocycles. The minimum absolute atomic E-state index is 0.215. The normalized spacial score (nSPS) is 11.0. The van der Waals surface area contributed by atoms with E-state index >= 15 is 0 Å². The summed E-state index contributed by atoms with van der Waals surface area (Å²) >= 11 is 6.22.